The fourth-order valence-corrected chi connectivity index (χ4v) is 2.98. The summed E-state index contributed by atoms with van der Waals surface area (Å²) in [6.07, 6.45) is 21.0. The van der Waals surface area contributed by atoms with Crippen LogP contribution in [-0.2, 0) is 0 Å². The molecule has 0 aliphatic heterocycles. The molecule has 0 aromatic heterocycles. The van der Waals surface area contributed by atoms with Gasteiger partial charge in [-0.3, -0.25) is 0 Å². The molecule has 1 N–H and O–H groups in total. The monoisotopic (exact) mass is 314 g/mol. The molecule has 0 spiro atoms. The second-order valence-corrected chi connectivity index (χ2v) is 7.33. The first kappa shape index (κ1) is 21.9. The lowest BCUT2D eigenvalue weighted by atomic mass is 10.0. The Morgan fingerprint density at radius 3 is 1.18 bits per heavy atom. The van der Waals surface area contributed by atoms with Crippen molar-refractivity contribution < 1.29 is 9.85 Å². The van der Waals surface area contributed by atoms with Gasteiger partial charge in [-0.15, -0.1) is 0 Å². The van der Waals surface area contributed by atoms with E-state index in [0.29, 0.717) is 0 Å². The van der Waals surface area contributed by atoms with Gasteiger partial charge in [-0.05, 0) is 19.8 Å². The summed E-state index contributed by atoms with van der Waals surface area (Å²) in [6, 6.07) is 0. The quantitative estimate of drug-likeness (QED) is 0.180. The number of hydrogen-bond acceptors (Lipinski definition) is 1. The predicted molar refractivity (Wildman–Crippen MR) is 98.3 cm³/mol. The number of quaternary nitrogens is 1. The van der Waals surface area contributed by atoms with Gasteiger partial charge in [-0.1, -0.05) is 90.4 Å². The van der Waals surface area contributed by atoms with E-state index in [1.165, 1.54) is 96.3 Å². The van der Waals surface area contributed by atoms with Crippen molar-refractivity contribution in [2.24, 2.45) is 0 Å². The first-order chi connectivity index (χ1) is 10.6. The van der Waals surface area contributed by atoms with Crippen molar-refractivity contribution >= 4 is 0 Å². The molecule has 0 aromatic rings. The van der Waals surface area contributed by atoms with E-state index in [9.17, 15) is 5.21 Å². The summed E-state index contributed by atoms with van der Waals surface area (Å²) in [5.74, 6) is 0. The van der Waals surface area contributed by atoms with Crippen molar-refractivity contribution in [1.29, 1.82) is 0 Å². The van der Waals surface area contributed by atoms with Gasteiger partial charge in [-0.2, -0.15) is 4.65 Å². The van der Waals surface area contributed by atoms with Gasteiger partial charge in [-0.25, -0.2) is 5.21 Å². The molecule has 134 valence electrons. The van der Waals surface area contributed by atoms with E-state index in [-0.39, 0.29) is 4.65 Å². The van der Waals surface area contributed by atoms with E-state index >= 15 is 0 Å². The van der Waals surface area contributed by atoms with Crippen molar-refractivity contribution in [2.75, 3.05) is 20.1 Å². The van der Waals surface area contributed by atoms with Gasteiger partial charge >= 0.3 is 0 Å². The molecule has 0 saturated carbocycles. The first-order valence-electron chi connectivity index (χ1n) is 10.2. The van der Waals surface area contributed by atoms with Crippen LogP contribution in [0.1, 0.15) is 110 Å². The van der Waals surface area contributed by atoms with Crippen molar-refractivity contribution in [3.05, 3.63) is 0 Å². The van der Waals surface area contributed by atoms with E-state index in [1.54, 1.807) is 0 Å². The molecule has 0 aliphatic carbocycles. The molecule has 0 aliphatic rings. The Morgan fingerprint density at radius 1 is 0.545 bits per heavy atom. The Morgan fingerprint density at radius 2 is 0.864 bits per heavy atom. The lowest BCUT2D eigenvalue weighted by molar-refractivity contribution is -1.09. The maximum atomic E-state index is 9.86. The minimum Gasteiger partial charge on any atom is -0.217 e. The number of unbranched alkanes of at least 4 members (excludes halogenated alkanes) is 14. The Bertz CT molecular complexity index is 216. The fraction of sp³-hybridized carbons (Fsp3) is 1.00. The van der Waals surface area contributed by atoms with Gasteiger partial charge < -0.3 is 0 Å². The molecule has 0 heterocycles. The van der Waals surface area contributed by atoms with Crippen LogP contribution < -0.4 is 0 Å². The zero-order valence-corrected chi connectivity index (χ0v) is 15.9. The third kappa shape index (κ3) is 16.3. The second kappa shape index (κ2) is 15.8. The summed E-state index contributed by atoms with van der Waals surface area (Å²) >= 11 is 0. The van der Waals surface area contributed by atoms with Gasteiger partial charge in [0.25, 0.3) is 0 Å². The summed E-state index contributed by atoms with van der Waals surface area (Å²) in [5.41, 5.74) is 0. The van der Waals surface area contributed by atoms with E-state index in [4.69, 9.17) is 0 Å². The van der Waals surface area contributed by atoms with Crippen LogP contribution in [0.25, 0.3) is 0 Å². The molecule has 1 unspecified atom stereocenters. The molecule has 2 nitrogen and oxygen atoms in total. The Kier molecular flexibility index (Phi) is 15.7. The van der Waals surface area contributed by atoms with Gasteiger partial charge in [0.2, 0.25) is 0 Å². The zero-order valence-electron chi connectivity index (χ0n) is 15.9. The maximum absolute atomic E-state index is 9.86. The van der Waals surface area contributed by atoms with Crippen LogP contribution in [0.5, 0.6) is 0 Å². The van der Waals surface area contributed by atoms with Crippen LogP contribution in [-0.4, -0.2) is 30.0 Å². The summed E-state index contributed by atoms with van der Waals surface area (Å²) in [7, 11) is 1.91. The van der Waals surface area contributed by atoms with Gasteiger partial charge in [0.1, 0.15) is 13.1 Å². The predicted octanol–water partition coefficient (Wildman–Crippen LogP) is 6.71. The summed E-state index contributed by atoms with van der Waals surface area (Å²) < 4.78 is 0.193. The number of hydroxylamine groups is 3. The first-order valence-corrected chi connectivity index (χ1v) is 10.2. The van der Waals surface area contributed by atoms with Crippen LogP contribution in [0, 0.1) is 0 Å². The highest BCUT2D eigenvalue weighted by Crippen LogP contribution is 2.13. The Labute approximate surface area is 140 Å². The molecule has 1 atom stereocenters. The maximum Gasteiger partial charge on any atom is 0.108 e. The number of hydrogen-bond donors (Lipinski definition) is 1. The molecule has 0 fully saturated rings. The molecule has 2 heteroatoms. The van der Waals surface area contributed by atoms with Crippen LogP contribution >= 0.6 is 0 Å². The Hall–Kier alpha value is -0.0800. The highest BCUT2D eigenvalue weighted by Gasteiger charge is 2.13. The van der Waals surface area contributed by atoms with E-state index in [0.717, 1.165) is 13.1 Å². The van der Waals surface area contributed by atoms with Crippen LogP contribution in [0.2, 0.25) is 0 Å². The highest BCUT2D eigenvalue weighted by molar-refractivity contribution is 4.49. The third-order valence-corrected chi connectivity index (χ3v) is 4.92. The molecule has 0 saturated heterocycles. The molecule has 22 heavy (non-hydrogen) atoms. The number of rotatable bonds is 17. The average molecular weight is 315 g/mol. The molecular weight excluding hydrogens is 270 g/mol. The molecule has 0 aromatic carbocycles. The summed E-state index contributed by atoms with van der Waals surface area (Å²) in [6.45, 7) is 6.06. The van der Waals surface area contributed by atoms with Crippen molar-refractivity contribution in [3.63, 3.8) is 0 Å². The topological polar surface area (TPSA) is 20.2 Å². The minimum atomic E-state index is 0.193. The third-order valence-electron chi connectivity index (χ3n) is 4.92. The van der Waals surface area contributed by atoms with Crippen molar-refractivity contribution in [3.8, 4) is 0 Å². The van der Waals surface area contributed by atoms with Crippen molar-refractivity contribution in [2.45, 2.75) is 110 Å². The second-order valence-electron chi connectivity index (χ2n) is 7.33. The highest BCUT2D eigenvalue weighted by atomic mass is 16.5. The molecule has 0 amide bonds. The smallest absolute Gasteiger partial charge is 0.108 e. The van der Waals surface area contributed by atoms with E-state index in [1.807, 2.05) is 14.0 Å². The molecule has 0 rings (SSSR count). The van der Waals surface area contributed by atoms with Gasteiger partial charge in [0.15, 0.2) is 0 Å². The summed E-state index contributed by atoms with van der Waals surface area (Å²) in [5, 5.41) is 9.86. The Balaban J connectivity index is 3.06. The average Bonchev–Trinajstić information content (AvgIpc) is 2.51. The molecule has 0 radical (unpaired) electrons. The molecular formula is C20H44NO+. The van der Waals surface area contributed by atoms with Crippen LogP contribution in [0.15, 0.2) is 0 Å². The van der Waals surface area contributed by atoms with Crippen molar-refractivity contribution in [1.82, 2.24) is 0 Å². The van der Waals surface area contributed by atoms with Gasteiger partial charge in [0, 0.05) is 0 Å². The minimum absolute atomic E-state index is 0.193. The largest absolute Gasteiger partial charge is 0.217 e. The summed E-state index contributed by atoms with van der Waals surface area (Å²) in [4.78, 5) is 0. The number of nitrogens with zero attached hydrogens (tertiary/aromatic N) is 1. The fourth-order valence-electron chi connectivity index (χ4n) is 2.98. The zero-order chi connectivity index (χ0) is 16.5. The standard InChI is InChI=1S/C20H44NO/c1-4-6-7-8-9-10-11-12-13-14-15-16-17-18-19-20-21(3,22)5-2/h22H,4-20H2,1-3H3/q+1. The molecule has 0 bridgehead atoms. The lowest BCUT2D eigenvalue weighted by Crippen LogP contribution is -2.40. The van der Waals surface area contributed by atoms with E-state index in [2.05, 4.69) is 6.92 Å². The normalized spacial score (nSPS) is 14.2. The van der Waals surface area contributed by atoms with Crippen LogP contribution in [0.3, 0.4) is 0 Å². The SMILES string of the molecule is CCCCCCCCCCCCCCCCC[N+](C)(O)CC. The lowest BCUT2D eigenvalue weighted by Gasteiger charge is -2.23. The van der Waals surface area contributed by atoms with Gasteiger partial charge in [0.05, 0.1) is 7.05 Å². The van der Waals surface area contributed by atoms with Crippen LogP contribution in [0.4, 0.5) is 0 Å². The van der Waals surface area contributed by atoms with E-state index < -0.39 is 0 Å².